The molecule has 6 atom stereocenters. The standard InChI is InChI=1S/C58H64N10O9/c59-27-13-12-22-46-52(69)64-47(30-38-23-25-42(26-24-38)76-36-39-16-6-2-7-17-39)53(70)66-49(31-37-14-4-1-5-15-37)57(74)68-35-43(77-58(75)61-29-28-60)33-50(68)55(72)67-51(40-18-8-3-9-19-40)56(73)65-48(54(71)63-46)32-41-34-62-45-21-11-10-20-44(41)45/h1-11,14-21,23-26,34,43,46-48,50-51,62H,12-13,22,27-33,35-36,59-60H2,(H,61,75)(H,63,71)(H,64,69)(H,65,73)(H,67,72)/t43-,46+,47+,48-,50+,51+/m1/s1. The molecule has 0 saturated carbocycles. The molecular weight excluding hydrogens is 981 g/mol. The first-order valence-corrected chi connectivity index (χ1v) is 25.8. The second-order valence-corrected chi connectivity index (χ2v) is 19.0. The zero-order valence-electron chi connectivity index (χ0n) is 42.5. The fourth-order valence-electron chi connectivity index (χ4n) is 9.43. The Morgan fingerprint density at radius 3 is 2.01 bits per heavy atom. The van der Waals surface area contributed by atoms with Crippen LogP contribution < -0.4 is 42.8 Å². The van der Waals surface area contributed by atoms with Crippen LogP contribution in [0.25, 0.3) is 10.9 Å². The van der Waals surface area contributed by atoms with Crippen LogP contribution >= 0.6 is 0 Å². The molecule has 2 aliphatic heterocycles. The number of H-pyrrole nitrogens is 1. The maximum Gasteiger partial charge on any atom is 0.407 e. The molecule has 19 nitrogen and oxygen atoms in total. The van der Waals surface area contributed by atoms with Crippen LogP contribution in [0, 0.1) is 0 Å². The highest BCUT2D eigenvalue weighted by atomic mass is 16.6. The van der Waals surface area contributed by atoms with Crippen molar-refractivity contribution in [1.82, 2.24) is 36.5 Å². The minimum atomic E-state index is -1.43. The Bertz CT molecular complexity index is 3030. The molecule has 0 aliphatic carbocycles. The van der Waals surface area contributed by atoms with Crippen LogP contribution in [0.4, 0.5) is 4.79 Å². The number of amides is 7. The third-order valence-electron chi connectivity index (χ3n) is 13.4. The van der Waals surface area contributed by atoms with Gasteiger partial charge in [0, 0.05) is 55.9 Å². The second kappa shape index (κ2) is 26.7. The maximum absolute atomic E-state index is 15.2. The van der Waals surface area contributed by atoms with Crippen molar-refractivity contribution >= 4 is 58.2 Å². The van der Waals surface area contributed by atoms with Gasteiger partial charge in [-0.2, -0.15) is 0 Å². The number of hydrogen-bond acceptors (Lipinski definition) is 11. The second-order valence-electron chi connectivity index (χ2n) is 19.0. The number of nitrogens with zero attached hydrogens (tertiary/aromatic N) is 2. The summed E-state index contributed by atoms with van der Waals surface area (Å²) in [7, 11) is 0. The summed E-state index contributed by atoms with van der Waals surface area (Å²) in [5, 5.41) is 14.8. The van der Waals surface area contributed by atoms with Gasteiger partial charge >= 0.3 is 6.09 Å². The largest absolute Gasteiger partial charge is 0.489 e. The first kappa shape index (κ1) is 54.6. The van der Waals surface area contributed by atoms with Gasteiger partial charge in [0.15, 0.2) is 0 Å². The lowest BCUT2D eigenvalue weighted by Crippen LogP contribution is -2.58. The van der Waals surface area contributed by atoms with E-state index < -0.39 is 77.8 Å². The number of aromatic amines is 1. The number of fused-ring (bicyclic) bond motifs is 2. The fraction of sp³-hybridized carbons (Fsp3) is 0.310. The third-order valence-corrected chi connectivity index (χ3v) is 13.4. The monoisotopic (exact) mass is 1040 g/mol. The summed E-state index contributed by atoms with van der Waals surface area (Å²) in [5.41, 5.74) is 15.2. The number of para-hydroxylation sites is 1. The Morgan fingerprint density at radius 1 is 0.649 bits per heavy atom. The van der Waals surface area contributed by atoms with E-state index in [0.29, 0.717) is 54.0 Å². The molecule has 3 heterocycles. The van der Waals surface area contributed by atoms with Crippen molar-refractivity contribution in [1.29, 1.82) is 0 Å². The van der Waals surface area contributed by atoms with Gasteiger partial charge < -0.3 is 57.4 Å². The quantitative estimate of drug-likeness (QED) is 0.0608. The maximum atomic E-state index is 15.2. The van der Waals surface area contributed by atoms with E-state index in [-0.39, 0.29) is 57.5 Å². The SMILES string of the molecule is NCCCC[C@@H]1NC(=O)[C@@H](Cc2c[nH]c3ccccc23)NC(=O)[C@H](c2ccccc2)NC(=O)[C@@H]2C[C@@H](OC(=O)NCCN)CN2C(=O)C(Cc2ccccc2)=NC(=O)[C@H](Cc2ccc(OCc3ccccc3)cc2)NC1=O. The molecule has 77 heavy (non-hydrogen) atoms. The van der Waals surface area contributed by atoms with Crippen molar-refractivity contribution in [2.75, 3.05) is 26.2 Å². The zero-order chi connectivity index (χ0) is 54.1. The van der Waals surface area contributed by atoms with E-state index >= 15 is 4.79 Å². The van der Waals surface area contributed by atoms with Crippen molar-refractivity contribution in [3.8, 4) is 5.75 Å². The van der Waals surface area contributed by atoms with E-state index in [4.69, 9.17) is 20.9 Å². The summed E-state index contributed by atoms with van der Waals surface area (Å²) in [6.07, 6.45) is 0.349. The molecule has 1 aromatic heterocycles. The number of carbonyl (C=O) groups excluding carboxylic acids is 7. The van der Waals surface area contributed by atoms with E-state index in [1.54, 1.807) is 91.1 Å². The zero-order valence-corrected chi connectivity index (χ0v) is 42.5. The van der Waals surface area contributed by atoms with Gasteiger partial charge in [0.2, 0.25) is 23.6 Å². The summed E-state index contributed by atoms with van der Waals surface area (Å²) < 4.78 is 11.7. The number of rotatable bonds is 17. The molecule has 1 saturated heterocycles. The van der Waals surface area contributed by atoms with Gasteiger partial charge in [0.25, 0.3) is 11.8 Å². The van der Waals surface area contributed by atoms with E-state index in [0.717, 1.165) is 16.5 Å². The molecule has 8 rings (SSSR count). The van der Waals surface area contributed by atoms with Gasteiger partial charge in [-0.1, -0.05) is 121 Å². The Hall–Kier alpha value is -8.68. The number of benzene rings is 5. The van der Waals surface area contributed by atoms with Crippen molar-refractivity contribution in [3.05, 3.63) is 174 Å². The molecule has 19 heteroatoms. The molecule has 1 fully saturated rings. The summed E-state index contributed by atoms with van der Waals surface area (Å²) in [4.78, 5) is 112. The summed E-state index contributed by atoms with van der Waals surface area (Å²) in [6.45, 7) is 0.544. The van der Waals surface area contributed by atoms with E-state index in [1.165, 1.54) is 4.90 Å². The molecular formula is C58H64N10O9. The number of nitrogens with two attached hydrogens (primary N) is 2. The smallest absolute Gasteiger partial charge is 0.407 e. The molecule has 0 unspecified atom stereocenters. The average Bonchev–Trinajstić information content (AvgIpc) is 4.08. The number of unbranched alkanes of at least 4 members (excludes halogenated alkanes) is 1. The van der Waals surface area contributed by atoms with Crippen LogP contribution in [-0.4, -0.2) is 114 Å². The topological polar surface area (TPSA) is 282 Å². The lowest BCUT2D eigenvalue weighted by atomic mass is 10.00. The Morgan fingerprint density at radius 2 is 1.30 bits per heavy atom. The first-order chi connectivity index (χ1) is 37.5. The summed E-state index contributed by atoms with van der Waals surface area (Å²) in [6, 6.07) is 34.5. The molecule has 0 bridgehead atoms. The van der Waals surface area contributed by atoms with E-state index in [2.05, 4.69) is 36.6 Å². The third kappa shape index (κ3) is 14.8. The van der Waals surface area contributed by atoms with Crippen molar-refractivity contribution in [3.63, 3.8) is 0 Å². The number of nitrogens with one attached hydrogen (secondary N) is 6. The van der Waals surface area contributed by atoms with Crippen molar-refractivity contribution in [2.24, 2.45) is 16.5 Å². The number of hydrogen-bond donors (Lipinski definition) is 8. The number of carbonyl (C=O) groups is 7. The van der Waals surface area contributed by atoms with Gasteiger partial charge in [-0.25, -0.2) is 9.79 Å². The van der Waals surface area contributed by atoms with Gasteiger partial charge in [0.1, 0.15) is 54.4 Å². The Balaban J connectivity index is 1.21. The molecule has 7 amide bonds. The average molecular weight is 1050 g/mol. The number of alkyl carbamates (subject to hydrolysis) is 1. The van der Waals surface area contributed by atoms with Gasteiger partial charge in [-0.3, -0.25) is 28.8 Å². The minimum absolute atomic E-state index is 0.0462. The normalized spacial score (nSPS) is 20.6. The highest BCUT2D eigenvalue weighted by Gasteiger charge is 2.44. The number of aliphatic imine (C=N–C) groups is 1. The predicted molar refractivity (Wildman–Crippen MR) is 289 cm³/mol. The van der Waals surface area contributed by atoms with Gasteiger partial charge in [-0.15, -0.1) is 0 Å². The lowest BCUT2D eigenvalue weighted by molar-refractivity contribution is -0.137. The van der Waals surface area contributed by atoms with E-state index in [9.17, 15) is 28.8 Å². The summed E-state index contributed by atoms with van der Waals surface area (Å²) in [5.74, 6) is -4.15. The molecule has 10 N–H and O–H groups in total. The summed E-state index contributed by atoms with van der Waals surface area (Å²) >= 11 is 0. The molecule has 0 spiro atoms. The number of ether oxygens (including phenoxy) is 2. The minimum Gasteiger partial charge on any atom is -0.489 e. The molecule has 6 aromatic rings. The van der Waals surface area contributed by atoms with Crippen LogP contribution in [0.1, 0.15) is 59.5 Å². The van der Waals surface area contributed by atoms with Crippen LogP contribution in [0.3, 0.4) is 0 Å². The Kier molecular flexibility index (Phi) is 18.9. The predicted octanol–water partition coefficient (Wildman–Crippen LogP) is 3.85. The van der Waals surface area contributed by atoms with Crippen LogP contribution in [0.2, 0.25) is 0 Å². The van der Waals surface area contributed by atoms with Crippen LogP contribution in [-0.2, 0) is 59.4 Å². The molecule has 2 aliphatic rings. The van der Waals surface area contributed by atoms with E-state index in [1.807, 2.05) is 54.6 Å². The van der Waals surface area contributed by atoms with Gasteiger partial charge in [-0.05, 0) is 71.8 Å². The first-order valence-electron chi connectivity index (χ1n) is 25.8. The fourth-order valence-corrected chi connectivity index (χ4v) is 9.43. The molecule has 400 valence electrons. The molecule has 0 radical (unpaired) electrons. The Labute approximate surface area is 445 Å². The highest BCUT2D eigenvalue weighted by Crippen LogP contribution is 2.26. The van der Waals surface area contributed by atoms with Crippen LogP contribution in [0.15, 0.2) is 151 Å². The van der Waals surface area contributed by atoms with Gasteiger partial charge in [0.05, 0.1) is 6.54 Å². The van der Waals surface area contributed by atoms with Crippen molar-refractivity contribution in [2.45, 2.75) is 87.9 Å². The van der Waals surface area contributed by atoms with Crippen molar-refractivity contribution < 1.29 is 43.0 Å². The molecule has 5 aromatic carbocycles. The number of aromatic nitrogens is 1. The lowest BCUT2D eigenvalue weighted by Gasteiger charge is -2.29. The van der Waals surface area contributed by atoms with Crippen LogP contribution in [0.5, 0.6) is 5.75 Å². The highest BCUT2D eigenvalue weighted by molar-refractivity contribution is 6.41.